The van der Waals surface area contributed by atoms with Gasteiger partial charge in [0.2, 0.25) is 0 Å². The minimum Gasteiger partial charge on any atom is -0.506 e. The van der Waals surface area contributed by atoms with Gasteiger partial charge in [-0.3, -0.25) is 0 Å². The fourth-order valence-electron chi connectivity index (χ4n) is 1.65. The smallest absolute Gasteiger partial charge is 0.134 e. The van der Waals surface area contributed by atoms with Crippen LogP contribution in [0.3, 0.4) is 0 Å². The third-order valence-corrected chi connectivity index (χ3v) is 2.65. The molecule has 1 aliphatic carbocycles. The van der Waals surface area contributed by atoms with Crippen LogP contribution in [0.1, 0.15) is 12.0 Å². The first-order chi connectivity index (χ1) is 8.29. The van der Waals surface area contributed by atoms with Gasteiger partial charge in [-0.2, -0.15) is 0 Å². The number of hydrogen-bond donors (Lipinski definition) is 2. The Kier molecular flexibility index (Phi) is 3.70. The molecule has 3 nitrogen and oxygen atoms in total. The average molecular weight is 230 g/mol. The summed E-state index contributed by atoms with van der Waals surface area (Å²) in [7, 11) is 1.65. The lowest BCUT2D eigenvalue weighted by atomic mass is 10.1. The lowest BCUT2D eigenvalue weighted by molar-refractivity contribution is 0.408. The van der Waals surface area contributed by atoms with Gasteiger partial charge in [-0.05, 0) is 36.6 Å². The zero-order valence-corrected chi connectivity index (χ0v) is 9.81. The lowest BCUT2D eigenvalue weighted by Crippen LogP contribution is -2.16. The zero-order chi connectivity index (χ0) is 12.1. The highest BCUT2D eigenvalue weighted by molar-refractivity contribution is 5.32. The summed E-state index contributed by atoms with van der Waals surface area (Å²) in [5.41, 5.74) is 1.91. The van der Waals surface area contributed by atoms with Crippen LogP contribution in [0.25, 0.3) is 0 Å². The zero-order valence-electron chi connectivity index (χ0n) is 9.81. The SMILES string of the molecule is COc1ccc(CNC2=C[CH]CC=C2O)cc1. The van der Waals surface area contributed by atoms with Gasteiger partial charge in [0, 0.05) is 6.54 Å². The molecule has 0 spiro atoms. The number of hydrogen-bond acceptors (Lipinski definition) is 3. The number of aliphatic hydroxyl groups is 1. The quantitative estimate of drug-likeness (QED) is 0.835. The normalized spacial score (nSPS) is 14.9. The maximum Gasteiger partial charge on any atom is 0.134 e. The first kappa shape index (κ1) is 11.6. The molecule has 0 unspecified atom stereocenters. The van der Waals surface area contributed by atoms with Crippen molar-refractivity contribution >= 4 is 0 Å². The topological polar surface area (TPSA) is 41.5 Å². The highest BCUT2D eigenvalue weighted by Crippen LogP contribution is 2.15. The number of methoxy groups -OCH3 is 1. The Morgan fingerprint density at radius 3 is 2.71 bits per heavy atom. The van der Waals surface area contributed by atoms with Gasteiger partial charge >= 0.3 is 0 Å². The van der Waals surface area contributed by atoms with Gasteiger partial charge in [0.05, 0.1) is 12.8 Å². The molecule has 1 aromatic rings. The van der Waals surface area contributed by atoms with Crippen molar-refractivity contribution in [3.8, 4) is 5.75 Å². The first-order valence-corrected chi connectivity index (χ1v) is 5.59. The highest BCUT2D eigenvalue weighted by Gasteiger charge is 2.06. The van der Waals surface area contributed by atoms with E-state index in [-0.39, 0.29) is 0 Å². The summed E-state index contributed by atoms with van der Waals surface area (Å²) in [5, 5.41) is 12.8. The number of nitrogens with one attached hydrogen (secondary N) is 1. The number of allylic oxidation sites excluding steroid dienone is 2. The molecule has 2 N–H and O–H groups in total. The van der Waals surface area contributed by atoms with Crippen LogP contribution in [0, 0.1) is 6.42 Å². The minimum absolute atomic E-state index is 0.320. The van der Waals surface area contributed by atoms with Crippen LogP contribution < -0.4 is 10.1 Å². The van der Waals surface area contributed by atoms with Gasteiger partial charge in [-0.15, -0.1) is 0 Å². The second-order valence-corrected chi connectivity index (χ2v) is 3.84. The standard InChI is InChI=1S/C14H16NO2/c1-17-12-8-6-11(7-9-12)10-15-13-4-2-3-5-14(13)16/h2,4-9,15-16H,3,10H2,1H3. The van der Waals surface area contributed by atoms with Gasteiger partial charge in [0.15, 0.2) is 0 Å². The summed E-state index contributed by atoms with van der Waals surface area (Å²) in [6, 6.07) is 7.85. The van der Waals surface area contributed by atoms with Crippen LogP contribution in [0.4, 0.5) is 0 Å². The maximum absolute atomic E-state index is 9.62. The second-order valence-electron chi connectivity index (χ2n) is 3.84. The Bertz CT molecular complexity index is 432. The monoisotopic (exact) mass is 230 g/mol. The predicted octanol–water partition coefficient (Wildman–Crippen LogP) is 2.72. The molecule has 3 heteroatoms. The van der Waals surface area contributed by atoms with E-state index in [0.717, 1.165) is 23.4 Å². The van der Waals surface area contributed by atoms with Gasteiger partial charge in [0.1, 0.15) is 11.5 Å². The third-order valence-electron chi connectivity index (χ3n) is 2.65. The minimum atomic E-state index is 0.320. The van der Waals surface area contributed by atoms with E-state index in [1.165, 1.54) is 0 Å². The largest absolute Gasteiger partial charge is 0.506 e. The molecular weight excluding hydrogens is 214 g/mol. The van der Waals surface area contributed by atoms with Crippen molar-refractivity contribution in [2.45, 2.75) is 13.0 Å². The summed E-state index contributed by atoms with van der Waals surface area (Å²) in [6.45, 7) is 0.682. The molecular formula is C14H16NO2. The summed E-state index contributed by atoms with van der Waals surface area (Å²) in [4.78, 5) is 0. The molecule has 2 rings (SSSR count). The second kappa shape index (κ2) is 5.43. The van der Waals surface area contributed by atoms with Crippen LogP contribution in [0.2, 0.25) is 0 Å². The van der Waals surface area contributed by atoms with E-state index in [1.807, 2.05) is 36.8 Å². The van der Waals surface area contributed by atoms with Crippen LogP contribution in [-0.2, 0) is 6.54 Å². The molecule has 0 heterocycles. The Hall–Kier alpha value is -1.90. The van der Waals surface area contributed by atoms with Crippen molar-refractivity contribution in [3.05, 3.63) is 59.9 Å². The van der Waals surface area contributed by atoms with Crippen LogP contribution in [0.15, 0.2) is 47.9 Å². The summed E-state index contributed by atoms with van der Waals surface area (Å²) >= 11 is 0. The van der Waals surface area contributed by atoms with E-state index < -0.39 is 0 Å². The van der Waals surface area contributed by atoms with Crippen molar-refractivity contribution in [2.75, 3.05) is 7.11 Å². The summed E-state index contributed by atoms with van der Waals surface area (Å²) < 4.78 is 5.09. The van der Waals surface area contributed by atoms with Crippen LogP contribution in [0.5, 0.6) is 5.75 Å². The molecule has 1 aliphatic rings. The molecule has 0 atom stereocenters. The molecule has 1 radical (unpaired) electrons. The Balaban J connectivity index is 1.93. The van der Waals surface area contributed by atoms with Gasteiger partial charge < -0.3 is 15.2 Å². The first-order valence-electron chi connectivity index (χ1n) is 5.59. The molecule has 0 saturated carbocycles. The van der Waals surface area contributed by atoms with Gasteiger partial charge in [0.25, 0.3) is 0 Å². The molecule has 0 aliphatic heterocycles. The molecule has 0 bridgehead atoms. The Labute approximate surface area is 101 Å². The maximum atomic E-state index is 9.62. The molecule has 0 saturated heterocycles. The molecule has 89 valence electrons. The van der Waals surface area contributed by atoms with Crippen LogP contribution in [-0.4, -0.2) is 12.2 Å². The fourth-order valence-corrected chi connectivity index (χ4v) is 1.65. The van der Waals surface area contributed by atoms with E-state index in [0.29, 0.717) is 12.3 Å². The van der Waals surface area contributed by atoms with Crippen molar-refractivity contribution < 1.29 is 9.84 Å². The van der Waals surface area contributed by atoms with Crippen LogP contribution >= 0.6 is 0 Å². The number of ether oxygens (including phenoxy) is 1. The molecule has 0 fully saturated rings. The number of aliphatic hydroxyl groups excluding tert-OH is 1. The Morgan fingerprint density at radius 2 is 2.06 bits per heavy atom. The number of rotatable bonds is 4. The van der Waals surface area contributed by atoms with Crippen molar-refractivity contribution in [3.63, 3.8) is 0 Å². The molecule has 1 aromatic carbocycles. The predicted molar refractivity (Wildman–Crippen MR) is 67.5 cm³/mol. The molecule has 0 amide bonds. The summed E-state index contributed by atoms with van der Waals surface area (Å²) in [5.74, 6) is 1.17. The van der Waals surface area contributed by atoms with E-state index in [1.54, 1.807) is 13.2 Å². The third kappa shape index (κ3) is 3.03. The average Bonchev–Trinajstić information content (AvgIpc) is 2.38. The van der Waals surface area contributed by atoms with Gasteiger partial charge in [-0.1, -0.05) is 18.2 Å². The van der Waals surface area contributed by atoms with Crippen molar-refractivity contribution in [2.24, 2.45) is 0 Å². The van der Waals surface area contributed by atoms with E-state index in [9.17, 15) is 5.11 Å². The summed E-state index contributed by atoms with van der Waals surface area (Å²) in [6.07, 6.45) is 6.49. The van der Waals surface area contributed by atoms with E-state index >= 15 is 0 Å². The number of benzene rings is 1. The molecule has 17 heavy (non-hydrogen) atoms. The fraction of sp³-hybridized carbons (Fsp3) is 0.214. The van der Waals surface area contributed by atoms with E-state index in [2.05, 4.69) is 5.32 Å². The molecule has 0 aromatic heterocycles. The lowest BCUT2D eigenvalue weighted by Gasteiger charge is -2.13. The Morgan fingerprint density at radius 1 is 1.29 bits per heavy atom. The van der Waals surface area contributed by atoms with Gasteiger partial charge in [-0.25, -0.2) is 0 Å². The van der Waals surface area contributed by atoms with Crippen molar-refractivity contribution in [1.82, 2.24) is 5.32 Å². The van der Waals surface area contributed by atoms with E-state index in [4.69, 9.17) is 4.74 Å². The highest BCUT2D eigenvalue weighted by atomic mass is 16.5. The van der Waals surface area contributed by atoms with Crippen molar-refractivity contribution in [1.29, 1.82) is 0 Å².